The van der Waals surface area contributed by atoms with Gasteiger partial charge in [-0.15, -0.1) is 0 Å². The molecule has 80 valence electrons. The van der Waals surface area contributed by atoms with E-state index >= 15 is 0 Å². The maximum atomic E-state index is 4.47. The zero-order valence-electron chi connectivity index (χ0n) is 9.11. The summed E-state index contributed by atoms with van der Waals surface area (Å²) in [6, 6.07) is 6.25. The predicted octanol–water partition coefficient (Wildman–Crippen LogP) is 2.31. The molecular weight excluding hydrogens is 186 g/mol. The first-order chi connectivity index (χ1) is 7.36. The van der Waals surface area contributed by atoms with Crippen molar-refractivity contribution in [2.24, 2.45) is 4.99 Å². The molecule has 15 heavy (non-hydrogen) atoms. The van der Waals surface area contributed by atoms with Gasteiger partial charge in [-0.3, -0.25) is 9.98 Å². The molecule has 0 aromatic carbocycles. The van der Waals surface area contributed by atoms with Crippen molar-refractivity contribution >= 4 is 5.84 Å². The van der Waals surface area contributed by atoms with E-state index in [0.717, 1.165) is 24.5 Å². The van der Waals surface area contributed by atoms with Gasteiger partial charge >= 0.3 is 0 Å². The van der Waals surface area contributed by atoms with Crippen molar-refractivity contribution in [3.63, 3.8) is 0 Å². The number of aliphatic imine (C=N–C) groups is 1. The third kappa shape index (κ3) is 2.78. The second-order valence-electron chi connectivity index (χ2n) is 3.91. The molecule has 2 rings (SSSR count). The fraction of sp³-hybridized carbons (Fsp3) is 0.500. The molecule has 0 amide bonds. The van der Waals surface area contributed by atoms with Crippen LogP contribution >= 0.6 is 0 Å². The smallest absolute Gasteiger partial charge is 0.0968 e. The van der Waals surface area contributed by atoms with E-state index in [1.54, 1.807) is 0 Å². The van der Waals surface area contributed by atoms with Gasteiger partial charge in [0.05, 0.1) is 17.6 Å². The van der Waals surface area contributed by atoms with E-state index in [-0.39, 0.29) is 6.04 Å². The van der Waals surface area contributed by atoms with Crippen molar-refractivity contribution in [1.82, 2.24) is 10.3 Å². The van der Waals surface area contributed by atoms with Crippen LogP contribution in [0, 0.1) is 0 Å². The maximum absolute atomic E-state index is 4.47. The Balaban J connectivity index is 1.97. The lowest BCUT2D eigenvalue weighted by atomic mass is 10.1. The van der Waals surface area contributed by atoms with Crippen molar-refractivity contribution in [1.29, 1.82) is 0 Å². The van der Waals surface area contributed by atoms with Crippen LogP contribution in [0.3, 0.4) is 0 Å². The molecule has 1 atom stereocenters. The number of hydrogen-bond acceptors (Lipinski definition) is 3. The van der Waals surface area contributed by atoms with E-state index in [2.05, 4.69) is 22.2 Å². The van der Waals surface area contributed by atoms with Crippen LogP contribution in [0.25, 0.3) is 0 Å². The summed E-state index contributed by atoms with van der Waals surface area (Å²) < 4.78 is 0. The van der Waals surface area contributed by atoms with Crippen molar-refractivity contribution in [2.75, 3.05) is 6.54 Å². The molecule has 2 heterocycles. The molecule has 0 spiro atoms. The van der Waals surface area contributed by atoms with Crippen LogP contribution in [0.1, 0.15) is 37.9 Å². The highest BCUT2D eigenvalue weighted by molar-refractivity contribution is 5.82. The average molecular weight is 203 g/mol. The molecule has 1 aliphatic rings. The SMILES string of the molecule is C[C@@H](NC1=NCCCC1)c1ccccn1. The number of nitrogens with one attached hydrogen (secondary N) is 1. The molecule has 3 heteroatoms. The third-order valence-corrected chi connectivity index (χ3v) is 2.64. The van der Waals surface area contributed by atoms with E-state index in [0.29, 0.717) is 0 Å². The summed E-state index contributed by atoms with van der Waals surface area (Å²) in [5, 5.41) is 3.42. The van der Waals surface area contributed by atoms with Gasteiger partial charge in [-0.1, -0.05) is 6.07 Å². The molecule has 0 saturated carbocycles. The molecular formula is C12H17N3. The van der Waals surface area contributed by atoms with Gasteiger partial charge in [-0.05, 0) is 31.9 Å². The van der Waals surface area contributed by atoms with Gasteiger partial charge in [0.25, 0.3) is 0 Å². The molecule has 1 aliphatic heterocycles. The van der Waals surface area contributed by atoms with E-state index < -0.39 is 0 Å². The third-order valence-electron chi connectivity index (χ3n) is 2.64. The summed E-state index contributed by atoms with van der Waals surface area (Å²) in [7, 11) is 0. The van der Waals surface area contributed by atoms with Crippen LogP contribution in [0.5, 0.6) is 0 Å². The number of amidine groups is 1. The Morgan fingerprint density at radius 2 is 2.27 bits per heavy atom. The monoisotopic (exact) mass is 203 g/mol. The second-order valence-corrected chi connectivity index (χ2v) is 3.91. The largest absolute Gasteiger partial charge is 0.366 e. The second kappa shape index (κ2) is 4.91. The van der Waals surface area contributed by atoms with Crippen LogP contribution < -0.4 is 5.32 Å². The van der Waals surface area contributed by atoms with Gasteiger partial charge in [0.15, 0.2) is 0 Å². The Morgan fingerprint density at radius 3 is 2.93 bits per heavy atom. The van der Waals surface area contributed by atoms with Crippen molar-refractivity contribution in [3.8, 4) is 0 Å². The van der Waals surface area contributed by atoms with Crippen LogP contribution in [0.4, 0.5) is 0 Å². The van der Waals surface area contributed by atoms with Crippen LogP contribution in [-0.2, 0) is 0 Å². The number of aromatic nitrogens is 1. The molecule has 1 N–H and O–H groups in total. The van der Waals surface area contributed by atoms with E-state index in [1.165, 1.54) is 12.8 Å². The summed E-state index contributed by atoms with van der Waals surface area (Å²) in [4.78, 5) is 8.80. The number of rotatable bonds is 2. The highest BCUT2D eigenvalue weighted by atomic mass is 15.0. The summed E-state index contributed by atoms with van der Waals surface area (Å²) >= 11 is 0. The van der Waals surface area contributed by atoms with Crippen molar-refractivity contribution in [3.05, 3.63) is 30.1 Å². The molecule has 0 saturated heterocycles. The molecule has 0 radical (unpaired) electrons. The first-order valence-electron chi connectivity index (χ1n) is 5.57. The Kier molecular flexibility index (Phi) is 3.33. The average Bonchev–Trinajstić information content (AvgIpc) is 2.31. The number of hydrogen-bond donors (Lipinski definition) is 1. The zero-order valence-corrected chi connectivity index (χ0v) is 9.11. The summed E-state index contributed by atoms with van der Waals surface area (Å²) in [5.74, 6) is 1.14. The van der Waals surface area contributed by atoms with Crippen molar-refractivity contribution < 1.29 is 0 Å². The molecule has 1 aromatic heterocycles. The quantitative estimate of drug-likeness (QED) is 0.801. The number of pyridine rings is 1. The van der Waals surface area contributed by atoms with E-state index in [9.17, 15) is 0 Å². The first kappa shape index (κ1) is 10.1. The van der Waals surface area contributed by atoms with Crippen LogP contribution in [0.2, 0.25) is 0 Å². The Morgan fingerprint density at radius 1 is 1.33 bits per heavy atom. The van der Waals surface area contributed by atoms with Gasteiger partial charge in [-0.25, -0.2) is 0 Å². The number of nitrogens with zero attached hydrogens (tertiary/aromatic N) is 2. The van der Waals surface area contributed by atoms with Gasteiger partial charge in [0, 0.05) is 19.2 Å². The fourth-order valence-electron chi connectivity index (χ4n) is 1.77. The summed E-state index contributed by atoms with van der Waals surface area (Å²) in [6.45, 7) is 3.09. The molecule has 0 aliphatic carbocycles. The fourth-order valence-corrected chi connectivity index (χ4v) is 1.77. The predicted molar refractivity (Wildman–Crippen MR) is 61.9 cm³/mol. The lowest BCUT2D eigenvalue weighted by Gasteiger charge is -2.18. The molecule has 0 unspecified atom stereocenters. The Bertz CT molecular complexity index is 332. The van der Waals surface area contributed by atoms with Gasteiger partial charge in [0.1, 0.15) is 0 Å². The van der Waals surface area contributed by atoms with Crippen LogP contribution in [-0.4, -0.2) is 17.4 Å². The molecule has 3 nitrogen and oxygen atoms in total. The van der Waals surface area contributed by atoms with Crippen molar-refractivity contribution in [2.45, 2.75) is 32.2 Å². The normalized spacial score (nSPS) is 18.1. The standard InChI is InChI=1S/C12H17N3/c1-10(11-6-2-4-8-13-11)15-12-7-3-5-9-14-12/h2,4,6,8,10H,3,5,7,9H2,1H3,(H,14,15)/t10-/m1/s1. The van der Waals surface area contributed by atoms with Crippen LogP contribution in [0.15, 0.2) is 29.4 Å². The Labute approximate surface area is 90.6 Å². The maximum Gasteiger partial charge on any atom is 0.0968 e. The highest BCUT2D eigenvalue weighted by Crippen LogP contribution is 2.11. The van der Waals surface area contributed by atoms with Gasteiger partial charge in [-0.2, -0.15) is 0 Å². The molecule has 1 aromatic rings. The van der Waals surface area contributed by atoms with E-state index in [1.807, 2.05) is 24.4 Å². The minimum Gasteiger partial charge on any atom is -0.366 e. The van der Waals surface area contributed by atoms with E-state index in [4.69, 9.17) is 0 Å². The lowest BCUT2D eigenvalue weighted by Crippen LogP contribution is -2.29. The van der Waals surface area contributed by atoms with Gasteiger partial charge in [0.2, 0.25) is 0 Å². The lowest BCUT2D eigenvalue weighted by molar-refractivity contribution is 0.644. The summed E-state index contributed by atoms with van der Waals surface area (Å²) in [5.41, 5.74) is 1.07. The highest BCUT2D eigenvalue weighted by Gasteiger charge is 2.10. The first-order valence-corrected chi connectivity index (χ1v) is 5.57. The summed E-state index contributed by atoms with van der Waals surface area (Å²) in [6.07, 6.45) is 5.39. The Hall–Kier alpha value is -1.38. The molecule has 0 bridgehead atoms. The minimum atomic E-state index is 0.253. The van der Waals surface area contributed by atoms with Gasteiger partial charge < -0.3 is 5.32 Å². The minimum absolute atomic E-state index is 0.253. The topological polar surface area (TPSA) is 37.3 Å². The molecule has 0 fully saturated rings. The zero-order chi connectivity index (χ0) is 10.5.